The maximum absolute atomic E-state index is 12.9. The zero-order valence-electron chi connectivity index (χ0n) is 18.3. The molecule has 0 aromatic heterocycles. The molecule has 0 aliphatic carbocycles. The van der Waals surface area contributed by atoms with Crippen LogP contribution < -0.4 is 9.47 Å². The van der Waals surface area contributed by atoms with E-state index in [9.17, 15) is 10.1 Å². The molecule has 1 saturated heterocycles. The summed E-state index contributed by atoms with van der Waals surface area (Å²) in [6, 6.07) is 26.5. The summed E-state index contributed by atoms with van der Waals surface area (Å²) in [6.45, 7) is 1.06. The van der Waals surface area contributed by atoms with E-state index in [1.807, 2.05) is 36.4 Å². The number of carbonyl (C=O) groups excluding carboxylic acids is 1. The van der Waals surface area contributed by atoms with Gasteiger partial charge in [0.2, 0.25) is 0 Å². The molecule has 1 aliphatic heterocycles. The lowest BCUT2D eigenvalue weighted by atomic mass is 9.90. The monoisotopic (exact) mass is 437 g/mol. The molecule has 1 fully saturated rings. The van der Waals surface area contributed by atoms with E-state index in [-0.39, 0.29) is 12.5 Å². The Hall–Kier alpha value is -4.29. The van der Waals surface area contributed by atoms with E-state index in [0.29, 0.717) is 42.1 Å². The van der Waals surface area contributed by atoms with Gasteiger partial charge in [0.15, 0.2) is 0 Å². The van der Waals surface area contributed by atoms with Crippen LogP contribution in [0, 0.1) is 28.1 Å². The average molecular weight is 437 g/mol. The highest BCUT2D eigenvalue weighted by Gasteiger charge is 2.41. The van der Waals surface area contributed by atoms with Crippen molar-refractivity contribution < 1.29 is 14.3 Å². The highest BCUT2D eigenvalue weighted by atomic mass is 16.5. The van der Waals surface area contributed by atoms with Gasteiger partial charge in [-0.05, 0) is 66.1 Å². The lowest BCUT2D eigenvalue weighted by molar-refractivity contribution is 0.0771. The molecule has 1 heterocycles. The Morgan fingerprint density at radius 2 is 1.55 bits per heavy atom. The third kappa shape index (κ3) is 4.81. The summed E-state index contributed by atoms with van der Waals surface area (Å²) >= 11 is 0. The first-order valence-corrected chi connectivity index (χ1v) is 10.6. The third-order valence-electron chi connectivity index (χ3n) is 5.93. The Morgan fingerprint density at radius 3 is 2.12 bits per heavy atom. The number of rotatable bonds is 6. The molecule has 3 aromatic rings. The van der Waals surface area contributed by atoms with Crippen molar-refractivity contribution in [1.29, 1.82) is 10.5 Å². The summed E-state index contributed by atoms with van der Waals surface area (Å²) in [5.74, 6) is 1.27. The molecule has 6 nitrogen and oxygen atoms in total. The minimum Gasteiger partial charge on any atom is -0.497 e. The van der Waals surface area contributed by atoms with Crippen molar-refractivity contribution in [2.45, 2.75) is 6.42 Å². The van der Waals surface area contributed by atoms with E-state index >= 15 is 0 Å². The molecule has 0 N–H and O–H groups in total. The van der Waals surface area contributed by atoms with Gasteiger partial charge in [-0.1, -0.05) is 24.3 Å². The van der Waals surface area contributed by atoms with Crippen LogP contribution in [0.1, 0.15) is 22.3 Å². The second kappa shape index (κ2) is 9.46. The fourth-order valence-corrected chi connectivity index (χ4v) is 3.91. The molecular weight excluding hydrogens is 414 g/mol. The van der Waals surface area contributed by atoms with Gasteiger partial charge in [0.05, 0.1) is 24.8 Å². The number of nitrogens with zero attached hydrogens (tertiary/aromatic N) is 3. The number of likely N-dealkylation sites (tertiary alicyclic amines) is 1. The van der Waals surface area contributed by atoms with Crippen molar-refractivity contribution >= 4 is 5.91 Å². The van der Waals surface area contributed by atoms with Gasteiger partial charge in [0.1, 0.15) is 23.5 Å². The van der Waals surface area contributed by atoms with Crippen LogP contribution in [0.25, 0.3) is 11.1 Å². The maximum atomic E-state index is 12.9. The summed E-state index contributed by atoms with van der Waals surface area (Å²) in [5, 5.41) is 18.8. The van der Waals surface area contributed by atoms with E-state index in [4.69, 9.17) is 14.7 Å². The van der Waals surface area contributed by atoms with Crippen molar-refractivity contribution in [3.05, 3.63) is 83.9 Å². The van der Waals surface area contributed by atoms with Crippen LogP contribution >= 0.6 is 0 Å². The minimum absolute atomic E-state index is 0.0958. The van der Waals surface area contributed by atoms with Gasteiger partial charge in [-0.3, -0.25) is 4.79 Å². The van der Waals surface area contributed by atoms with E-state index in [1.54, 1.807) is 48.4 Å². The van der Waals surface area contributed by atoms with Gasteiger partial charge >= 0.3 is 0 Å². The van der Waals surface area contributed by atoms with Crippen molar-refractivity contribution in [2.24, 2.45) is 5.41 Å². The Labute approximate surface area is 193 Å². The van der Waals surface area contributed by atoms with Gasteiger partial charge < -0.3 is 14.4 Å². The SMILES string of the molecule is COc1ccc(C(=O)N2CCC(C#N)(COc3ccc(-c4ccc(C#N)cc4)cc3)C2)cc1. The van der Waals surface area contributed by atoms with Gasteiger partial charge in [-0.15, -0.1) is 0 Å². The zero-order valence-corrected chi connectivity index (χ0v) is 18.3. The number of hydrogen-bond donors (Lipinski definition) is 0. The predicted molar refractivity (Wildman–Crippen MR) is 124 cm³/mol. The molecule has 1 unspecified atom stereocenters. The Balaban J connectivity index is 1.38. The van der Waals surface area contributed by atoms with Crippen LogP contribution in [0.15, 0.2) is 72.8 Å². The van der Waals surface area contributed by atoms with Crippen LogP contribution in [0.3, 0.4) is 0 Å². The highest BCUT2D eigenvalue weighted by Crippen LogP contribution is 2.32. The molecule has 0 spiro atoms. The van der Waals surface area contributed by atoms with Crippen LogP contribution in [-0.4, -0.2) is 37.6 Å². The van der Waals surface area contributed by atoms with E-state index in [0.717, 1.165) is 11.1 Å². The summed E-state index contributed by atoms with van der Waals surface area (Å²) in [5.41, 5.74) is 2.48. The fraction of sp³-hybridized carbons (Fsp3) is 0.222. The minimum atomic E-state index is -0.742. The largest absolute Gasteiger partial charge is 0.497 e. The number of carbonyl (C=O) groups is 1. The fourth-order valence-electron chi connectivity index (χ4n) is 3.91. The molecule has 0 radical (unpaired) electrons. The molecule has 1 atom stereocenters. The summed E-state index contributed by atoms with van der Waals surface area (Å²) < 4.78 is 11.1. The normalized spacial score (nSPS) is 17.1. The number of amides is 1. The van der Waals surface area contributed by atoms with E-state index in [1.165, 1.54) is 0 Å². The van der Waals surface area contributed by atoms with E-state index < -0.39 is 5.41 Å². The first-order chi connectivity index (χ1) is 16.1. The molecule has 4 rings (SSSR count). The Bertz CT molecular complexity index is 1210. The summed E-state index contributed by atoms with van der Waals surface area (Å²) in [4.78, 5) is 14.6. The number of nitriles is 2. The molecule has 0 saturated carbocycles. The zero-order chi connectivity index (χ0) is 23.3. The van der Waals surface area contributed by atoms with Crippen LogP contribution in [-0.2, 0) is 0 Å². The third-order valence-corrected chi connectivity index (χ3v) is 5.93. The van der Waals surface area contributed by atoms with Crippen molar-refractivity contribution in [2.75, 3.05) is 26.8 Å². The van der Waals surface area contributed by atoms with Crippen LogP contribution in [0.5, 0.6) is 11.5 Å². The summed E-state index contributed by atoms with van der Waals surface area (Å²) in [6.07, 6.45) is 0.564. The molecular formula is C27H23N3O3. The standard InChI is InChI=1S/C27H23N3O3/c1-32-24-10-8-23(9-11-24)26(31)30-15-14-27(17-29,18-30)19-33-25-12-6-22(7-13-25)21-4-2-20(16-28)3-5-21/h2-13H,14-15,18-19H2,1H3. The van der Waals surface area contributed by atoms with E-state index in [2.05, 4.69) is 12.1 Å². The quantitative estimate of drug-likeness (QED) is 0.559. The molecule has 164 valence electrons. The molecule has 1 aliphatic rings. The lowest BCUT2D eigenvalue weighted by Gasteiger charge is -2.22. The van der Waals surface area contributed by atoms with Crippen molar-refractivity contribution in [1.82, 2.24) is 4.90 Å². The molecule has 3 aromatic carbocycles. The molecule has 6 heteroatoms. The lowest BCUT2D eigenvalue weighted by Crippen LogP contribution is -2.34. The van der Waals surface area contributed by atoms with Gasteiger partial charge in [-0.2, -0.15) is 10.5 Å². The Morgan fingerprint density at radius 1 is 0.939 bits per heavy atom. The van der Waals surface area contributed by atoms with Crippen molar-refractivity contribution in [3.8, 4) is 34.8 Å². The number of benzene rings is 3. The first kappa shape index (κ1) is 21.9. The predicted octanol–water partition coefficient (Wildman–Crippen LogP) is 4.67. The second-order valence-corrected chi connectivity index (χ2v) is 8.10. The second-order valence-electron chi connectivity index (χ2n) is 8.10. The van der Waals surface area contributed by atoms with Crippen molar-refractivity contribution in [3.63, 3.8) is 0 Å². The number of hydrogen-bond acceptors (Lipinski definition) is 5. The van der Waals surface area contributed by atoms with Gasteiger partial charge in [-0.25, -0.2) is 0 Å². The maximum Gasteiger partial charge on any atom is 0.253 e. The first-order valence-electron chi connectivity index (χ1n) is 10.6. The smallest absolute Gasteiger partial charge is 0.253 e. The van der Waals surface area contributed by atoms with Crippen LogP contribution in [0.4, 0.5) is 0 Å². The number of ether oxygens (including phenoxy) is 2. The highest BCUT2D eigenvalue weighted by molar-refractivity contribution is 5.94. The average Bonchev–Trinajstić information content (AvgIpc) is 3.32. The molecule has 1 amide bonds. The van der Waals surface area contributed by atoms with Crippen LogP contribution in [0.2, 0.25) is 0 Å². The Kier molecular flexibility index (Phi) is 6.29. The molecule has 0 bridgehead atoms. The molecule has 33 heavy (non-hydrogen) atoms. The van der Waals surface area contributed by atoms with Gasteiger partial charge in [0, 0.05) is 18.7 Å². The topological polar surface area (TPSA) is 86.3 Å². The summed E-state index contributed by atoms with van der Waals surface area (Å²) in [7, 11) is 1.58. The number of methoxy groups -OCH3 is 1. The van der Waals surface area contributed by atoms with Gasteiger partial charge in [0.25, 0.3) is 5.91 Å².